The molecular weight excluding hydrogens is 372 g/mol. The van der Waals surface area contributed by atoms with Crippen molar-refractivity contribution in [3.63, 3.8) is 0 Å². The summed E-state index contributed by atoms with van der Waals surface area (Å²) >= 11 is 0. The van der Waals surface area contributed by atoms with Crippen LogP contribution in [-0.2, 0) is 7.05 Å². The molecule has 5 heterocycles. The number of likely N-dealkylation sites (N-methyl/N-ethyl adjacent to an activating group) is 1. The van der Waals surface area contributed by atoms with Gasteiger partial charge in [-0.3, -0.25) is 14.5 Å². The molecule has 11 heteroatoms. The minimum absolute atomic E-state index is 0.0840. The lowest BCUT2D eigenvalue weighted by Crippen LogP contribution is -2.60. The largest absolute Gasteiger partial charge is 0.351 e. The summed E-state index contributed by atoms with van der Waals surface area (Å²) in [5.41, 5.74) is 1.86. The molecule has 4 aromatic heterocycles. The Balaban J connectivity index is 1.33. The molecule has 0 N–H and O–H groups in total. The Hall–Kier alpha value is -3.89. The molecule has 0 aliphatic carbocycles. The van der Waals surface area contributed by atoms with E-state index in [2.05, 4.69) is 30.4 Å². The Morgan fingerprint density at radius 1 is 1.17 bits per heavy atom. The number of carbonyl (C=O) groups is 1. The molecule has 4 aromatic rings. The van der Waals surface area contributed by atoms with Crippen molar-refractivity contribution < 1.29 is 4.79 Å². The van der Waals surface area contributed by atoms with Crippen LogP contribution in [-0.4, -0.2) is 76.8 Å². The van der Waals surface area contributed by atoms with Crippen molar-refractivity contribution in [1.29, 1.82) is 0 Å². The number of pyridine rings is 1. The molecular formula is C18H18N10O. The normalized spacial score (nSPS) is 14.2. The summed E-state index contributed by atoms with van der Waals surface area (Å²) in [5.74, 6) is 1.31. The van der Waals surface area contributed by atoms with Gasteiger partial charge in [-0.05, 0) is 24.3 Å². The van der Waals surface area contributed by atoms with Crippen LogP contribution in [0.1, 0.15) is 10.5 Å². The Kier molecular flexibility index (Phi) is 3.93. The maximum atomic E-state index is 12.5. The fraction of sp³-hybridized carbons (Fsp3) is 0.278. The minimum atomic E-state index is -0.135. The van der Waals surface area contributed by atoms with E-state index in [1.165, 1.54) is 4.68 Å². The highest BCUT2D eigenvalue weighted by Gasteiger charge is 2.34. The van der Waals surface area contributed by atoms with Crippen LogP contribution in [0, 0.1) is 0 Å². The fourth-order valence-corrected chi connectivity index (χ4v) is 3.30. The van der Waals surface area contributed by atoms with Crippen molar-refractivity contribution in [3.05, 3.63) is 48.5 Å². The van der Waals surface area contributed by atoms with Crippen LogP contribution in [0.15, 0.2) is 42.9 Å². The summed E-state index contributed by atoms with van der Waals surface area (Å²) in [6.45, 7) is 1.37. The van der Waals surface area contributed by atoms with Crippen LogP contribution in [0.2, 0.25) is 0 Å². The molecule has 1 fully saturated rings. The van der Waals surface area contributed by atoms with Gasteiger partial charge in [0, 0.05) is 45.1 Å². The Morgan fingerprint density at radius 3 is 2.76 bits per heavy atom. The number of aryl methyl sites for hydroxylation is 1. The fourth-order valence-electron chi connectivity index (χ4n) is 3.30. The van der Waals surface area contributed by atoms with Crippen molar-refractivity contribution in [2.75, 3.05) is 25.0 Å². The lowest BCUT2D eigenvalue weighted by Gasteiger charge is -2.44. The molecule has 5 rings (SSSR count). The first kappa shape index (κ1) is 17.2. The van der Waals surface area contributed by atoms with Crippen molar-refractivity contribution in [3.8, 4) is 11.4 Å². The summed E-state index contributed by atoms with van der Waals surface area (Å²) in [4.78, 5) is 20.5. The van der Waals surface area contributed by atoms with E-state index in [0.717, 1.165) is 11.4 Å². The van der Waals surface area contributed by atoms with Gasteiger partial charge in [0.25, 0.3) is 5.91 Å². The molecule has 0 unspecified atom stereocenters. The number of anilines is 1. The third-order valence-corrected chi connectivity index (χ3v) is 5.04. The second-order valence-electron chi connectivity index (χ2n) is 6.98. The molecule has 1 aliphatic rings. The molecule has 1 saturated heterocycles. The van der Waals surface area contributed by atoms with Crippen molar-refractivity contribution in [2.45, 2.75) is 6.04 Å². The highest BCUT2D eigenvalue weighted by Crippen LogP contribution is 2.24. The van der Waals surface area contributed by atoms with Gasteiger partial charge in [-0.25, -0.2) is 0 Å². The monoisotopic (exact) mass is 390 g/mol. The van der Waals surface area contributed by atoms with E-state index in [-0.39, 0.29) is 11.9 Å². The summed E-state index contributed by atoms with van der Waals surface area (Å²) in [5, 5.41) is 20.8. The molecule has 0 aromatic carbocycles. The average Bonchev–Trinajstić information content (AvgIpc) is 3.33. The summed E-state index contributed by atoms with van der Waals surface area (Å²) in [6.07, 6.45) is 5.07. The Morgan fingerprint density at radius 2 is 2.03 bits per heavy atom. The van der Waals surface area contributed by atoms with E-state index in [0.29, 0.717) is 30.3 Å². The van der Waals surface area contributed by atoms with E-state index in [1.807, 2.05) is 24.3 Å². The lowest BCUT2D eigenvalue weighted by molar-refractivity contribution is 0.0699. The first-order valence-electron chi connectivity index (χ1n) is 9.11. The van der Waals surface area contributed by atoms with Crippen molar-refractivity contribution >= 4 is 17.4 Å². The third kappa shape index (κ3) is 2.96. The Bertz CT molecular complexity index is 1180. The van der Waals surface area contributed by atoms with Gasteiger partial charge in [-0.1, -0.05) is 5.21 Å². The van der Waals surface area contributed by atoms with Crippen LogP contribution < -0.4 is 4.90 Å². The van der Waals surface area contributed by atoms with Gasteiger partial charge in [0.2, 0.25) is 0 Å². The lowest BCUT2D eigenvalue weighted by atomic mass is 10.1. The van der Waals surface area contributed by atoms with Gasteiger partial charge in [-0.2, -0.15) is 4.52 Å². The molecule has 1 amide bonds. The second kappa shape index (κ2) is 6.62. The van der Waals surface area contributed by atoms with E-state index < -0.39 is 0 Å². The number of hydrogen-bond donors (Lipinski definition) is 0. The summed E-state index contributed by atoms with van der Waals surface area (Å²) < 4.78 is 3.24. The Labute approximate surface area is 165 Å². The first-order chi connectivity index (χ1) is 14.1. The topological polar surface area (TPSA) is 110 Å². The number of fused-ring (bicyclic) bond motifs is 1. The van der Waals surface area contributed by atoms with Crippen LogP contribution in [0.5, 0.6) is 0 Å². The zero-order valence-corrected chi connectivity index (χ0v) is 15.9. The van der Waals surface area contributed by atoms with Gasteiger partial charge in [0.1, 0.15) is 5.82 Å². The molecule has 0 radical (unpaired) electrons. The van der Waals surface area contributed by atoms with Gasteiger partial charge in [0.05, 0.1) is 12.2 Å². The zero-order valence-electron chi connectivity index (χ0n) is 15.9. The number of nitrogens with zero attached hydrogens (tertiary/aromatic N) is 10. The minimum Gasteiger partial charge on any atom is -0.351 e. The van der Waals surface area contributed by atoms with Crippen molar-refractivity contribution in [2.24, 2.45) is 7.05 Å². The third-order valence-electron chi connectivity index (χ3n) is 5.04. The predicted octanol–water partition coefficient (Wildman–Crippen LogP) is 0.276. The molecule has 0 bridgehead atoms. The van der Waals surface area contributed by atoms with Gasteiger partial charge in [-0.15, -0.1) is 20.4 Å². The maximum absolute atomic E-state index is 12.5. The van der Waals surface area contributed by atoms with Crippen LogP contribution in [0.4, 0.5) is 5.82 Å². The molecule has 11 nitrogen and oxygen atoms in total. The van der Waals surface area contributed by atoms with E-state index in [1.54, 1.807) is 42.1 Å². The number of amides is 1. The highest BCUT2D eigenvalue weighted by atomic mass is 16.2. The smallest absolute Gasteiger partial charge is 0.276 e. The van der Waals surface area contributed by atoms with E-state index in [4.69, 9.17) is 5.10 Å². The van der Waals surface area contributed by atoms with Gasteiger partial charge in [0.15, 0.2) is 17.2 Å². The number of hydrogen-bond acceptors (Lipinski definition) is 8. The number of rotatable bonds is 4. The zero-order chi connectivity index (χ0) is 20.0. The molecule has 146 valence electrons. The highest BCUT2D eigenvalue weighted by molar-refractivity contribution is 5.92. The second-order valence-corrected chi connectivity index (χ2v) is 6.98. The SMILES string of the molecule is CN(C(=O)c1cn(C)nn1)C1CN(c2ccc3nnc(-c4cccnc4)n3n2)C1. The summed E-state index contributed by atoms with van der Waals surface area (Å²) in [7, 11) is 3.53. The van der Waals surface area contributed by atoms with Gasteiger partial charge >= 0.3 is 0 Å². The standard InChI is InChI=1S/C18H18N10O/c1-25-11-14(20-24-25)18(29)26(2)13-9-27(10-13)16-6-5-15-21-22-17(28(15)23-16)12-4-3-7-19-8-12/h3-8,11,13H,9-10H2,1-2H3. The predicted molar refractivity (Wildman–Crippen MR) is 103 cm³/mol. The first-order valence-corrected chi connectivity index (χ1v) is 9.11. The van der Waals surface area contributed by atoms with Crippen LogP contribution >= 0.6 is 0 Å². The molecule has 0 atom stereocenters. The molecule has 29 heavy (non-hydrogen) atoms. The molecule has 0 saturated carbocycles. The van der Waals surface area contributed by atoms with Crippen LogP contribution in [0.3, 0.4) is 0 Å². The van der Waals surface area contributed by atoms with Crippen LogP contribution in [0.25, 0.3) is 17.0 Å². The van der Waals surface area contributed by atoms with Gasteiger partial charge < -0.3 is 9.80 Å². The molecule has 0 spiro atoms. The summed E-state index contributed by atoms with van der Waals surface area (Å²) in [6, 6.07) is 7.66. The average molecular weight is 390 g/mol. The quantitative estimate of drug-likeness (QED) is 0.489. The molecule has 1 aliphatic heterocycles. The number of carbonyl (C=O) groups excluding carboxylic acids is 1. The number of aromatic nitrogens is 8. The van der Waals surface area contributed by atoms with E-state index >= 15 is 0 Å². The maximum Gasteiger partial charge on any atom is 0.276 e. The van der Waals surface area contributed by atoms with Crippen molar-refractivity contribution in [1.82, 2.24) is 44.7 Å². The van der Waals surface area contributed by atoms with E-state index in [9.17, 15) is 4.79 Å².